The molecule has 0 amide bonds. The number of aromatic nitrogens is 1. The van der Waals surface area contributed by atoms with Gasteiger partial charge >= 0.3 is 6.18 Å². The van der Waals surface area contributed by atoms with Gasteiger partial charge in [0.1, 0.15) is 0 Å². The molecule has 0 fully saturated rings. The Bertz CT molecular complexity index is 1040. The number of pyridine rings is 1. The number of hydrogen-bond donors (Lipinski definition) is 1. The lowest BCUT2D eigenvalue weighted by Crippen LogP contribution is -2.27. The molecule has 1 aromatic heterocycles. The van der Waals surface area contributed by atoms with Crippen molar-refractivity contribution >= 4 is 10.9 Å². The highest BCUT2D eigenvalue weighted by atomic mass is 19.4. The van der Waals surface area contributed by atoms with Gasteiger partial charge in [0.25, 0.3) is 5.56 Å². The lowest BCUT2D eigenvalue weighted by molar-refractivity contribution is -0.137. The van der Waals surface area contributed by atoms with Crippen LogP contribution >= 0.6 is 0 Å². The van der Waals surface area contributed by atoms with E-state index in [2.05, 4.69) is 0 Å². The number of fused-ring (bicyclic) bond motifs is 1. The van der Waals surface area contributed by atoms with Crippen molar-refractivity contribution in [2.75, 3.05) is 0 Å². The Kier molecular flexibility index (Phi) is 4.63. The molecular weight excluding hydrogens is 341 g/mol. The lowest BCUT2D eigenvalue weighted by atomic mass is 9.95. The molecule has 2 aromatic carbocycles. The Morgan fingerprint density at radius 1 is 1.08 bits per heavy atom. The lowest BCUT2D eigenvalue weighted by Gasteiger charge is -2.18. The highest BCUT2D eigenvalue weighted by Gasteiger charge is 2.37. The second kappa shape index (κ2) is 6.61. The average Bonchev–Trinajstić information content (AvgIpc) is 2.58. The maximum atomic E-state index is 13.9. The molecule has 0 saturated heterocycles. The molecule has 0 saturated carbocycles. The van der Waals surface area contributed by atoms with Crippen LogP contribution in [0.4, 0.5) is 13.2 Å². The molecule has 136 valence electrons. The number of benzene rings is 2. The normalized spacial score (nSPS) is 11.9. The van der Waals surface area contributed by atoms with Gasteiger partial charge in [0, 0.05) is 31.0 Å². The van der Waals surface area contributed by atoms with Gasteiger partial charge in [0.05, 0.1) is 11.1 Å². The van der Waals surface area contributed by atoms with Crippen LogP contribution in [0, 0.1) is 6.92 Å². The van der Waals surface area contributed by atoms with E-state index in [-0.39, 0.29) is 29.4 Å². The zero-order chi connectivity index (χ0) is 19.1. The summed E-state index contributed by atoms with van der Waals surface area (Å²) in [5.41, 5.74) is 6.28. The van der Waals surface area contributed by atoms with Crippen molar-refractivity contribution < 1.29 is 13.2 Å². The minimum Gasteiger partial charge on any atom is -0.326 e. The molecule has 26 heavy (non-hydrogen) atoms. The highest BCUT2D eigenvalue weighted by Crippen LogP contribution is 2.37. The molecular formula is C20H19F3N2O. The van der Waals surface area contributed by atoms with Crippen LogP contribution < -0.4 is 11.3 Å². The Morgan fingerprint density at radius 2 is 1.81 bits per heavy atom. The summed E-state index contributed by atoms with van der Waals surface area (Å²) in [7, 11) is 1.49. The van der Waals surface area contributed by atoms with Crippen molar-refractivity contribution in [3.05, 3.63) is 80.6 Å². The van der Waals surface area contributed by atoms with Crippen LogP contribution in [-0.2, 0) is 26.2 Å². The van der Waals surface area contributed by atoms with Crippen molar-refractivity contribution in [1.82, 2.24) is 4.57 Å². The molecule has 0 aliphatic carbocycles. The van der Waals surface area contributed by atoms with Crippen LogP contribution in [-0.4, -0.2) is 4.57 Å². The quantitative estimate of drug-likeness (QED) is 0.770. The molecule has 3 nitrogen and oxygen atoms in total. The molecule has 0 atom stereocenters. The van der Waals surface area contributed by atoms with Gasteiger partial charge in [-0.3, -0.25) is 4.79 Å². The zero-order valence-corrected chi connectivity index (χ0v) is 14.5. The molecule has 0 aliphatic rings. The van der Waals surface area contributed by atoms with E-state index in [0.29, 0.717) is 11.1 Å². The summed E-state index contributed by atoms with van der Waals surface area (Å²) < 4.78 is 43.1. The van der Waals surface area contributed by atoms with Crippen LogP contribution in [0.25, 0.3) is 10.9 Å². The second-order valence-corrected chi connectivity index (χ2v) is 6.44. The topological polar surface area (TPSA) is 48.0 Å². The van der Waals surface area contributed by atoms with E-state index < -0.39 is 17.3 Å². The SMILES string of the molecule is Cc1cccc(Cc2c(C(F)(F)F)c3cc(CN)ccc3n(C)c2=O)c1. The number of alkyl halides is 3. The molecule has 1 heterocycles. The third-order valence-electron chi connectivity index (χ3n) is 4.54. The molecule has 0 aliphatic heterocycles. The molecule has 0 bridgehead atoms. The second-order valence-electron chi connectivity index (χ2n) is 6.44. The fourth-order valence-electron chi connectivity index (χ4n) is 3.30. The van der Waals surface area contributed by atoms with Gasteiger partial charge in [-0.1, -0.05) is 35.9 Å². The zero-order valence-electron chi connectivity index (χ0n) is 14.5. The highest BCUT2D eigenvalue weighted by molar-refractivity contribution is 5.85. The summed E-state index contributed by atoms with van der Waals surface area (Å²) >= 11 is 0. The van der Waals surface area contributed by atoms with E-state index in [0.717, 1.165) is 5.56 Å². The van der Waals surface area contributed by atoms with E-state index in [1.54, 1.807) is 24.3 Å². The first-order valence-corrected chi connectivity index (χ1v) is 8.19. The Labute approximate surface area is 148 Å². The fourth-order valence-corrected chi connectivity index (χ4v) is 3.30. The number of aryl methyl sites for hydroxylation is 2. The largest absolute Gasteiger partial charge is 0.417 e. The van der Waals surface area contributed by atoms with Gasteiger partial charge in [-0.2, -0.15) is 13.2 Å². The Balaban J connectivity index is 2.36. The molecule has 3 aromatic rings. The first-order valence-electron chi connectivity index (χ1n) is 8.19. The van der Waals surface area contributed by atoms with Crippen LogP contribution in [0.2, 0.25) is 0 Å². The third-order valence-corrected chi connectivity index (χ3v) is 4.54. The summed E-state index contributed by atoms with van der Waals surface area (Å²) in [5, 5.41) is 0.00482. The summed E-state index contributed by atoms with van der Waals surface area (Å²) in [6.07, 6.45) is -4.72. The number of hydrogen-bond acceptors (Lipinski definition) is 2. The molecule has 0 unspecified atom stereocenters. The standard InChI is InChI=1S/C20H19F3N2O/c1-12-4-3-5-13(8-12)9-16-18(20(21,22)23)15-10-14(11-24)6-7-17(15)25(2)19(16)26/h3-8,10H,9,11,24H2,1-2H3. The van der Waals surface area contributed by atoms with Crippen LogP contribution in [0.5, 0.6) is 0 Å². The first kappa shape index (κ1) is 18.2. The number of nitrogens with zero attached hydrogens (tertiary/aromatic N) is 1. The predicted molar refractivity (Wildman–Crippen MR) is 96.1 cm³/mol. The summed E-state index contributed by atoms with van der Waals surface area (Å²) in [6, 6.07) is 11.7. The van der Waals surface area contributed by atoms with E-state index in [9.17, 15) is 18.0 Å². The van der Waals surface area contributed by atoms with E-state index in [1.165, 1.54) is 23.7 Å². The molecule has 6 heteroatoms. The smallest absolute Gasteiger partial charge is 0.326 e. The molecule has 2 N–H and O–H groups in total. The summed E-state index contributed by atoms with van der Waals surface area (Å²) in [5.74, 6) is 0. The van der Waals surface area contributed by atoms with Gasteiger partial charge in [-0.05, 0) is 30.2 Å². The fraction of sp³-hybridized carbons (Fsp3) is 0.250. The van der Waals surface area contributed by atoms with E-state index in [4.69, 9.17) is 5.73 Å². The maximum absolute atomic E-state index is 13.9. The monoisotopic (exact) mass is 360 g/mol. The van der Waals surface area contributed by atoms with Gasteiger partial charge in [-0.15, -0.1) is 0 Å². The number of nitrogens with two attached hydrogens (primary N) is 1. The van der Waals surface area contributed by atoms with Gasteiger partial charge in [-0.25, -0.2) is 0 Å². The molecule has 0 spiro atoms. The third kappa shape index (κ3) is 3.24. The van der Waals surface area contributed by atoms with Crippen molar-refractivity contribution in [1.29, 1.82) is 0 Å². The van der Waals surface area contributed by atoms with E-state index in [1.807, 2.05) is 13.0 Å². The maximum Gasteiger partial charge on any atom is 0.417 e. The van der Waals surface area contributed by atoms with Gasteiger partial charge in [0.15, 0.2) is 0 Å². The van der Waals surface area contributed by atoms with Gasteiger partial charge in [0.2, 0.25) is 0 Å². The minimum absolute atomic E-state index is 0.00482. The Morgan fingerprint density at radius 3 is 2.42 bits per heavy atom. The number of rotatable bonds is 3. The Hall–Kier alpha value is -2.60. The van der Waals surface area contributed by atoms with Crippen molar-refractivity contribution in [3.63, 3.8) is 0 Å². The minimum atomic E-state index is -4.64. The number of halogens is 3. The summed E-state index contributed by atoms with van der Waals surface area (Å²) in [6.45, 7) is 1.99. The van der Waals surface area contributed by atoms with Crippen molar-refractivity contribution in [2.24, 2.45) is 12.8 Å². The van der Waals surface area contributed by atoms with Crippen LogP contribution in [0.15, 0.2) is 47.3 Å². The van der Waals surface area contributed by atoms with Crippen molar-refractivity contribution in [2.45, 2.75) is 26.1 Å². The molecule has 3 rings (SSSR count). The average molecular weight is 360 g/mol. The van der Waals surface area contributed by atoms with Crippen LogP contribution in [0.3, 0.4) is 0 Å². The van der Waals surface area contributed by atoms with Crippen molar-refractivity contribution in [3.8, 4) is 0 Å². The molecule has 0 radical (unpaired) electrons. The van der Waals surface area contributed by atoms with E-state index >= 15 is 0 Å². The first-order chi connectivity index (χ1) is 12.2. The summed E-state index contributed by atoms with van der Waals surface area (Å²) in [4.78, 5) is 12.7. The van der Waals surface area contributed by atoms with Gasteiger partial charge < -0.3 is 10.3 Å². The van der Waals surface area contributed by atoms with Crippen LogP contribution in [0.1, 0.15) is 27.8 Å². The predicted octanol–water partition coefficient (Wildman–Crippen LogP) is 3.92.